The average molecular weight is 854 g/mol. The Labute approximate surface area is 384 Å². The summed E-state index contributed by atoms with van der Waals surface area (Å²) >= 11 is 0. The number of benzene rings is 10. The summed E-state index contributed by atoms with van der Waals surface area (Å²) in [5, 5.41) is 29.3. The summed E-state index contributed by atoms with van der Waals surface area (Å²) in [7, 11) is 0. The Morgan fingerprint density at radius 2 is 0.806 bits per heavy atom. The smallest absolute Gasteiger partial charge is 0.156 e. The molecule has 0 spiro atoms. The highest BCUT2D eigenvalue weighted by molar-refractivity contribution is 6.27. The number of rotatable bonds is 6. The normalized spacial score (nSPS) is 11.6. The van der Waals surface area contributed by atoms with E-state index in [1.54, 1.807) is 0 Å². The van der Waals surface area contributed by atoms with Gasteiger partial charge in [-0.1, -0.05) is 188 Å². The van der Waals surface area contributed by atoms with Crippen LogP contribution in [0.5, 0.6) is 0 Å². The number of aromatic nitrogens is 1. The van der Waals surface area contributed by atoms with Crippen LogP contribution in [0.1, 0.15) is 11.1 Å². The zero-order chi connectivity index (χ0) is 44.6. The van der Waals surface area contributed by atoms with E-state index in [1.165, 1.54) is 0 Å². The molecule has 0 aliphatic heterocycles. The first kappa shape index (κ1) is 38.1. The quantitative estimate of drug-likeness (QED) is 0.167. The van der Waals surface area contributed by atoms with Gasteiger partial charge in [-0.05, 0) is 51.6 Å². The van der Waals surface area contributed by atoms with Crippen molar-refractivity contribution in [2.24, 2.45) is 0 Å². The second-order valence-corrected chi connectivity index (χ2v) is 16.9. The molecule has 0 saturated heterocycles. The van der Waals surface area contributed by atoms with Crippen LogP contribution in [0.3, 0.4) is 0 Å². The molecule has 13 rings (SSSR count). The number of nitriles is 2. The number of para-hydroxylation sites is 2. The van der Waals surface area contributed by atoms with E-state index >= 15 is 0 Å². The molecule has 0 atom stereocenters. The number of hydrogen-bond donors (Lipinski definition) is 0. The van der Waals surface area contributed by atoms with Gasteiger partial charge in [-0.15, -0.1) is 0 Å². The molecule has 0 aliphatic carbocycles. The first-order valence-corrected chi connectivity index (χ1v) is 22.3. The van der Waals surface area contributed by atoms with Gasteiger partial charge in [0.05, 0.1) is 22.3 Å². The van der Waals surface area contributed by atoms with Gasteiger partial charge in [0.15, 0.2) is 5.58 Å². The minimum atomic E-state index is 0.317. The van der Waals surface area contributed by atoms with E-state index in [9.17, 15) is 10.5 Å². The average Bonchev–Trinajstić information content (AvgIpc) is 4.07. The molecule has 0 fully saturated rings. The lowest BCUT2D eigenvalue weighted by Crippen LogP contribution is -2.04. The summed E-state index contributed by atoms with van der Waals surface area (Å²) in [5.74, 6) is 0. The second kappa shape index (κ2) is 15.1. The van der Waals surface area contributed by atoms with E-state index in [-0.39, 0.29) is 0 Å². The first-order chi connectivity index (χ1) is 33.2. The van der Waals surface area contributed by atoms with E-state index in [1.807, 2.05) is 109 Å². The van der Waals surface area contributed by atoms with Gasteiger partial charge in [0, 0.05) is 60.6 Å². The Morgan fingerprint density at radius 1 is 0.328 bits per heavy atom. The van der Waals surface area contributed by atoms with Crippen molar-refractivity contribution in [2.75, 3.05) is 0 Å². The van der Waals surface area contributed by atoms with Crippen LogP contribution in [-0.2, 0) is 0 Å². The molecule has 310 valence electrons. The van der Waals surface area contributed by atoms with Crippen molar-refractivity contribution in [2.45, 2.75) is 0 Å². The van der Waals surface area contributed by atoms with Crippen LogP contribution < -0.4 is 0 Å². The monoisotopic (exact) mass is 853 g/mol. The predicted octanol–water partition coefficient (Wildman–Crippen LogP) is 16.7. The maximum absolute atomic E-state index is 12.0. The van der Waals surface area contributed by atoms with Crippen molar-refractivity contribution in [3.8, 4) is 73.5 Å². The third-order valence-electron chi connectivity index (χ3n) is 13.3. The van der Waals surface area contributed by atoms with Gasteiger partial charge in [-0.2, -0.15) is 10.5 Å². The molecule has 3 aromatic heterocycles. The van der Waals surface area contributed by atoms with E-state index < -0.39 is 0 Å². The van der Waals surface area contributed by atoms with Crippen LogP contribution >= 0.6 is 0 Å². The Hall–Kier alpha value is -9.42. The lowest BCUT2D eigenvalue weighted by atomic mass is 9.79. The fraction of sp³-hybridized carbons (Fsp3) is 0. The molecule has 5 heteroatoms. The van der Waals surface area contributed by atoms with E-state index in [4.69, 9.17) is 8.83 Å². The molecule has 10 aromatic carbocycles. The molecular formula is C62H35N3O2. The molecule has 0 unspecified atom stereocenters. The van der Waals surface area contributed by atoms with E-state index in [2.05, 4.69) is 120 Å². The highest BCUT2D eigenvalue weighted by atomic mass is 16.3. The third kappa shape index (κ3) is 5.66. The topological polar surface area (TPSA) is 78.8 Å². The SMILES string of the molecule is N#Cc1c(-n2c3ccccc3c3cc4c(cc32)oc2ccccc24)c(-c2ccccc2)c(C#N)c2c1oc1c(-c3ccccc3)c(-c3ccccc3)c(-c3ccccc3)c(-c3ccccc3)c12. The number of furan rings is 2. The van der Waals surface area contributed by atoms with Crippen molar-refractivity contribution in [3.05, 3.63) is 223 Å². The molecular weight excluding hydrogens is 819 g/mol. The second-order valence-electron chi connectivity index (χ2n) is 16.9. The van der Waals surface area contributed by atoms with Gasteiger partial charge >= 0.3 is 0 Å². The molecule has 13 aromatic rings. The summed E-state index contributed by atoms with van der Waals surface area (Å²) in [6.07, 6.45) is 0. The zero-order valence-corrected chi connectivity index (χ0v) is 35.9. The van der Waals surface area contributed by atoms with E-state index in [0.29, 0.717) is 38.9 Å². The highest BCUT2D eigenvalue weighted by Crippen LogP contribution is 2.56. The van der Waals surface area contributed by atoms with Crippen LogP contribution in [0, 0.1) is 22.7 Å². The summed E-state index contributed by atoms with van der Waals surface area (Å²) < 4.78 is 16.2. The summed E-state index contributed by atoms with van der Waals surface area (Å²) in [6, 6.07) is 77.7. The first-order valence-electron chi connectivity index (χ1n) is 22.3. The maximum atomic E-state index is 12.0. The lowest BCUT2D eigenvalue weighted by molar-refractivity contribution is 0.668. The van der Waals surface area contributed by atoms with Crippen molar-refractivity contribution < 1.29 is 8.83 Å². The molecule has 0 bridgehead atoms. The van der Waals surface area contributed by atoms with Crippen LogP contribution in [0.15, 0.2) is 221 Å². The molecule has 0 aliphatic rings. The number of nitrogens with zero attached hydrogens (tertiary/aromatic N) is 3. The molecule has 0 N–H and O–H groups in total. The Morgan fingerprint density at radius 3 is 1.39 bits per heavy atom. The minimum Gasteiger partial charge on any atom is -0.456 e. The standard InChI is InChI=1S/C62H35N3O2/c63-36-47-53(38-20-6-1-7-21-38)60(65-49-32-18-16-30-43(49)45-34-46-44-31-17-19-33-51(44)66-52(46)35-50(45)65)48(37-64)61-58(47)59-56(41-26-12-4-13-27-41)54(39-22-8-2-9-23-39)55(40-24-10-3-11-25-40)57(62(59)67-61)42-28-14-5-15-29-42/h1-35H. The van der Waals surface area contributed by atoms with Crippen molar-refractivity contribution in [3.63, 3.8) is 0 Å². The Bertz CT molecular complexity index is 4190. The number of hydrogen-bond acceptors (Lipinski definition) is 4. The van der Waals surface area contributed by atoms with Gasteiger partial charge in [-0.3, -0.25) is 0 Å². The minimum absolute atomic E-state index is 0.317. The van der Waals surface area contributed by atoms with Crippen LogP contribution in [0.4, 0.5) is 0 Å². The van der Waals surface area contributed by atoms with Gasteiger partial charge in [0.25, 0.3) is 0 Å². The molecule has 0 saturated carbocycles. The Balaban J connectivity index is 1.31. The van der Waals surface area contributed by atoms with Gasteiger partial charge in [-0.25, -0.2) is 0 Å². The third-order valence-corrected chi connectivity index (χ3v) is 13.3. The lowest BCUT2D eigenvalue weighted by Gasteiger charge is -2.22. The largest absolute Gasteiger partial charge is 0.456 e. The molecule has 0 amide bonds. The number of fused-ring (bicyclic) bond motifs is 9. The van der Waals surface area contributed by atoms with Gasteiger partial charge in [0.1, 0.15) is 34.5 Å². The fourth-order valence-corrected chi connectivity index (χ4v) is 10.5. The van der Waals surface area contributed by atoms with Crippen molar-refractivity contribution >= 4 is 65.7 Å². The molecule has 5 nitrogen and oxygen atoms in total. The van der Waals surface area contributed by atoms with Crippen molar-refractivity contribution in [1.29, 1.82) is 10.5 Å². The fourth-order valence-electron chi connectivity index (χ4n) is 10.5. The summed E-state index contributed by atoms with van der Waals surface area (Å²) in [4.78, 5) is 0. The Kier molecular flexibility index (Phi) is 8.58. The highest BCUT2D eigenvalue weighted by Gasteiger charge is 2.34. The van der Waals surface area contributed by atoms with Crippen LogP contribution in [0.2, 0.25) is 0 Å². The maximum Gasteiger partial charge on any atom is 0.156 e. The van der Waals surface area contributed by atoms with E-state index in [0.717, 1.165) is 99.2 Å². The van der Waals surface area contributed by atoms with Crippen LogP contribution in [0.25, 0.3) is 127 Å². The predicted molar refractivity (Wildman–Crippen MR) is 272 cm³/mol. The summed E-state index contributed by atoms with van der Waals surface area (Å²) in [6.45, 7) is 0. The van der Waals surface area contributed by atoms with Crippen LogP contribution in [-0.4, -0.2) is 4.57 Å². The molecule has 3 heterocycles. The van der Waals surface area contributed by atoms with Gasteiger partial charge < -0.3 is 13.4 Å². The molecule has 0 radical (unpaired) electrons. The molecule has 67 heavy (non-hydrogen) atoms. The summed E-state index contributed by atoms with van der Waals surface area (Å²) in [5.41, 5.74) is 14.6. The van der Waals surface area contributed by atoms with Crippen molar-refractivity contribution in [1.82, 2.24) is 4.57 Å². The zero-order valence-electron chi connectivity index (χ0n) is 35.9. The van der Waals surface area contributed by atoms with Gasteiger partial charge in [0.2, 0.25) is 0 Å².